The van der Waals surface area contributed by atoms with Crippen LogP contribution in [-0.4, -0.2) is 67.1 Å². The van der Waals surface area contributed by atoms with Crippen LogP contribution in [0, 0.1) is 0 Å². The molecule has 0 heterocycles. The average Bonchev–Trinajstić information content (AvgIpc) is 1.12. The van der Waals surface area contributed by atoms with Gasteiger partial charge in [0.05, 0.1) is 0 Å². The molecule has 13 heavy (non-hydrogen) atoms. The molecule has 13 heteroatoms. The largest absolute Gasteiger partial charge is 2.00 e. The van der Waals surface area contributed by atoms with Crippen molar-refractivity contribution in [1.82, 2.24) is 0 Å². The molecule has 0 saturated heterocycles. The Morgan fingerprint density at radius 2 is 0.692 bits per heavy atom. The second-order valence-corrected chi connectivity index (χ2v) is 3.08. The standard InChI is InChI=1S/Ca.2Na.2H3O4P.4H/c;;;2*1-5(2,3)4;;;;/h;;;2*(H3,1,2,3,4);;;;/q+2;2*+1;;;4*-1. The van der Waals surface area contributed by atoms with E-state index in [9.17, 15) is 0 Å². The van der Waals surface area contributed by atoms with Crippen LogP contribution in [0.4, 0.5) is 0 Å². The van der Waals surface area contributed by atoms with Gasteiger partial charge in [-0.2, -0.15) is 0 Å². The first-order valence-corrected chi connectivity index (χ1v) is 4.70. The van der Waals surface area contributed by atoms with Gasteiger partial charge in [-0.25, -0.2) is 9.13 Å². The van der Waals surface area contributed by atoms with Gasteiger partial charge in [0.2, 0.25) is 0 Å². The van der Waals surface area contributed by atoms with Crippen LogP contribution in [0.1, 0.15) is 5.71 Å². The molecule has 0 aromatic rings. The number of rotatable bonds is 0. The van der Waals surface area contributed by atoms with Gasteiger partial charge < -0.3 is 35.1 Å². The van der Waals surface area contributed by atoms with Crippen LogP contribution >= 0.6 is 15.6 Å². The fourth-order valence-corrected chi connectivity index (χ4v) is 0. The molecule has 0 amide bonds. The summed E-state index contributed by atoms with van der Waals surface area (Å²) < 4.78 is 17.8. The normalized spacial score (nSPS) is 9.08. The maximum absolute atomic E-state index is 8.88. The first-order chi connectivity index (χ1) is 4.00. The summed E-state index contributed by atoms with van der Waals surface area (Å²) in [7, 11) is -9.28. The molecular weight excluding hydrogens is 276 g/mol. The molecule has 0 saturated carbocycles. The molecule has 72 valence electrons. The fourth-order valence-electron chi connectivity index (χ4n) is 0. The molecule has 0 aromatic heterocycles. The number of phosphoric acid groups is 2. The van der Waals surface area contributed by atoms with Gasteiger partial charge in [0.25, 0.3) is 0 Å². The summed E-state index contributed by atoms with van der Waals surface area (Å²) in [6.45, 7) is 0. The Balaban J connectivity index is -0.00000000762. The summed E-state index contributed by atoms with van der Waals surface area (Å²) in [5, 5.41) is 0. The van der Waals surface area contributed by atoms with E-state index in [0.29, 0.717) is 0 Å². The topological polar surface area (TPSA) is 156 Å². The quantitative estimate of drug-likeness (QED) is 0.189. The number of hydrogen-bond acceptors (Lipinski definition) is 2. The Kier molecular flexibility index (Phi) is 31.2. The van der Waals surface area contributed by atoms with Crippen molar-refractivity contribution < 1.29 is 103 Å². The van der Waals surface area contributed by atoms with E-state index in [1.54, 1.807) is 0 Å². The van der Waals surface area contributed by atoms with Crippen LogP contribution in [0.5, 0.6) is 0 Å². The Morgan fingerprint density at radius 1 is 0.692 bits per heavy atom. The van der Waals surface area contributed by atoms with E-state index in [2.05, 4.69) is 0 Å². The summed E-state index contributed by atoms with van der Waals surface area (Å²) in [6.07, 6.45) is 0. The Bertz CT molecular complexity index is 146. The minimum atomic E-state index is -4.64. The predicted molar refractivity (Wildman–Crippen MR) is 38.7 cm³/mol. The van der Waals surface area contributed by atoms with Crippen LogP contribution in [0.3, 0.4) is 0 Å². The third-order valence-corrected chi connectivity index (χ3v) is 0. The summed E-state index contributed by atoms with van der Waals surface area (Å²) in [6, 6.07) is 0. The van der Waals surface area contributed by atoms with Crippen molar-refractivity contribution in [2.24, 2.45) is 0 Å². The first kappa shape index (κ1) is 30.0. The van der Waals surface area contributed by atoms with Crippen molar-refractivity contribution in [2.75, 3.05) is 0 Å². The van der Waals surface area contributed by atoms with Crippen molar-refractivity contribution >= 4 is 53.4 Å². The molecule has 0 fully saturated rings. The molecule has 0 aliphatic rings. The molecule has 0 aliphatic heterocycles. The van der Waals surface area contributed by atoms with Gasteiger partial charge >= 0.3 is 112 Å². The summed E-state index contributed by atoms with van der Waals surface area (Å²) in [5.74, 6) is 0. The molecule has 0 aromatic carbocycles. The van der Waals surface area contributed by atoms with Gasteiger partial charge in [-0.3, -0.25) is 0 Å². The first-order valence-electron chi connectivity index (χ1n) is 1.57. The molecule has 0 bridgehead atoms. The van der Waals surface area contributed by atoms with Crippen LogP contribution < -0.4 is 59.1 Å². The molecule has 0 unspecified atom stereocenters. The zero-order valence-electron chi connectivity index (χ0n) is 11.1. The van der Waals surface area contributed by atoms with Crippen molar-refractivity contribution in [3.05, 3.63) is 0 Å². The van der Waals surface area contributed by atoms with E-state index in [0.717, 1.165) is 0 Å². The monoisotopic (exact) mass is 286 g/mol. The molecule has 8 nitrogen and oxygen atoms in total. The van der Waals surface area contributed by atoms with E-state index in [-0.39, 0.29) is 103 Å². The molecule has 0 radical (unpaired) electrons. The fraction of sp³-hybridized carbons (Fsp3) is 0. The Hall–Kier alpha value is 3.48. The number of hydrogen-bond donors (Lipinski definition) is 6. The van der Waals surface area contributed by atoms with Gasteiger partial charge in [-0.15, -0.1) is 0 Å². The SMILES string of the molecule is O=P(O)(O)O.O=P(O)(O)O.[Ca+2].[H-].[H-].[H-].[H-].[Na+].[Na+]. The predicted octanol–water partition coefficient (Wildman–Crippen LogP) is -7.78. The van der Waals surface area contributed by atoms with Gasteiger partial charge in [0, 0.05) is 0 Å². The zero-order chi connectivity index (χ0) is 9.00. The van der Waals surface area contributed by atoms with Crippen molar-refractivity contribution in [1.29, 1.82) is 0 Å². The van der Waals surface area contributed by atoms with Gasteiger partial charge in [-0.05, 0) is 0 Å². The van der Waals surface area contributed by atoms with E-state index >= 15 is 0 Å². The maximum atomic E-state index is 8.88. The third kappa shape index (κ3) is 232. The van der Waals surface area contributed by atoms with Crippen LogP contribution in [-0.2, 0) is 9.13 Å². The smallest absolute Gasteiger partial charge is 1.00 e. The van der Waals surface area contributed by atoms with Crippen molar-refractivity contribution in [3.63, 3.8) is 0 Å². The summed E-state index contributed by atoms with van der Waals surface area (Å²) >= 11 is 0. The van der Waals surface area contributed by atoms with Gasteiger partial charge in [0.15, 0.2) is 0 Å². The second kappa shape index (κ2) is 13.5. The minimum Gasteiger partial charge on any atom is -1.00 e. The average molecular weight is 286 g/mol. The second-order valence-electron chi connectivity index (χ2n) is 1.03. The molecule has 0 aliphatic carbocycles. The molecule has 6 N–H and O–H groups in total. The van der Waals surface area contributed by atoms with Gasteiger partial charge in [-0.1, -0.05) is 0 Å². The van der Waals surface area contributed by atoms with E-state index in [1.807, 2.05) is 0 Å². The van der Waals surface area contributed by atoms with Crippen LogP contribution in [0.2, 0.25) is 0 Å². The van der Waals surface area contributed by atoms with Crippen molar-refractivity contribution in [2.45, 2.75) is 0 Å². The molecule has 0 spiro atoms. The van der Waals surface area contributed by atoms with E-state index in [4.69, 9.17) is 38.5 Å². The van der Waals surface area contributed by atoms with Crippen LogP contribution in [0.15, 0.2) is 0 Å². The molecule has 0 atom stereocenters. The zero-order valence-corrected chi connectivity index (χ0v) is 15.1. The Morgan fingerprint density at radius 3 is 0.692 bits per heavy atom. The van der Waals surface area contributed by atoms with E-state index in [1.165, 1.54) is 0 Å². The Labute approximate surface area is 154 Å². The molecule has 0 rings (SSSR count). The van der Waals surface area contributed by atoms with E-state index < -0.39 is 15.6 Å². The summed E-state index contributed by atoms with van der Waals surface area (Å²) in [5.41, 5.74) is 0. The third-order valence-electron chi connectivity index (χ3n) is 0. The minimum absolute atomic E-state index is 0. The van der Waals surface area contributed by atoms with Crippen LogP contribution in [0.25, 0.3) is 0 Å². The van der Waals surface area contributed by atoms with Gasteiger partial charge in [0.1, 0.15) is 0 Å². The molecular formula is H10CaNa2O8P2. The maximum Gasteiger partial charge on any atom is 2.00 e. The van der Waals surface area contributed by atoms with Crippen molar-refractivity contribution in [3.8, 4) is 0 Å². The summed E-state index contributed by atoms with van der Waals surface area (Å²) in [4.78, 5) is 43.1.